The highest BCUT2D eigenvalue weighted by atomic mass is 16.4. The molecular weight excluding hydrogens is 202 g/mol. The molecule has 2 rings (SSSR count). The Morgan fingerprint density at radius 1 is 1.19 bits per heavy atom. The molecule has 1 N–H and O–H groups in total. The number of nitrogens with one attached hydrogen (secondary N) is 1. The number of aryl methyl sites for hydroxylation is 3. The summed E-state index contributed by atoms with van der Waals surface area (Å²) in [5.74, 6) is 0.572. The fourth-order valence-electron chi connectivity index (χ4n) is 1.58. The van der Waals surface area contributed by atoms with Crippen LogP contribution >= 0.6 is 0 Å². The summed E-state index contributed by atoms with van der Waals surface area (Å²) in [5.41, 5.74) is 3.78. The zero-order valence-electron chi connectivity index (χ0n) is 9.74. The summed E-state index contributed by atoms with van der Waals surface area (Å²) in [7, 11) is 0. The van der Waals surface area contributed by atoms with Crippen LogP contribution in [0.1, 0.15) is 22.6 Å². The molecule has 1 aromatic carbocycles. The number of aromatic nitrogens is 2. The Morgan fingerprint density at radius 2 is 2.00 bits per heavy atom. The lowest BCUT2D eigenvalue weighted by atomic mass is 10.1. The lowest BCUT2D eigenvalue weighted by Gasteiger charge is -2.06. The van der Waals surface area contributed by atoms with Crippen LogP contribution in [0.25, 0.3) is 0 Å². The molecule has 0 amide bonds. The highest BCUT2D eigenvalue weighted by Crippen LogP contribution is 2.12. The topological polar surface area (TPSA) is 51.0 Å². The lowest BCUT2D eigenvalue weighted by molar-refractivity contribution is 0.530. The van der Waals surface area contributed by atoms with Gasteiger partial charge >= 0.3 is 6.01 Å². The molecule has 0 fully saturated rings. The first-order chi connectivity index (χ1) is 7.65. The van der Waals surface area contributed by atoms with Crippen LogP contribution in [-0.4, -0.2) is 10.2 Å². The third-order valence-electron chi connectivity index (χ3n) is 2.45. The third-order valence-corrected chi connectivity index (χ3v) is 2.45. The maximum atomic E-state index is 5.24. The van der Waals surface area contributed by atoms with Crippen molar-refractivity contribution in [2.75, 3.05) is 5.32 Å². The molecule has 2 aromatic rings. The van der Waals surface area contributed by atoms with Crippen LogP contribution in [0.4, 0.5) is 6.01 Å². The first-order valence-electron chi connectivity index (χ1n) is 5.25. The molecule has 0 saturated heterocycles. The van der Waals surface area contributed by atoms with E-state index in [1.54, 1.807) is 6.92 Å². The highest BCUT2D eigenvalue weighted by Gasteiger charge is 2.02. The minimum Gasteiger partial charge on any atom is -0.408 e. The number of hydrogen-bond acceptors (Lipinski definition) is 4. The predicted molar refractivity (Wildman–Crippen MR) is 62.3 cm³/mol. The van der Waals surface area contributed by atoms with Gasteiger partial charge in [0.25, 0.3) is 0 Å². The maximum absolute atomic E-state index is 5.24. The Hall–Kier alpha value is -1.84. The highest BCUT2D eigenvalue weighted by molar-refractivity contribution is 5.33. The van der Waals surface area contributed by atoms with E-state index in [9.17, 15) is 0 Å². The van der Waals surface area contributed by atoms with Crippen molar-refractivity contribution >= 4 is 6.01 Å². The first-order valence-corrected chi connectivity index (χ1v) is 5.25. The first kappa shape index (κ1) is 10.7. The van der Waals surface area contributed by atoms with Crippen molar-refractivity contribution in [2.24, 2.45) is 0 Å². The predicted octanol–water partition coefficient (Wildman–Crippen LogP) is 2.61. The normalized spacial score (nSPS) is 10.4. The Kier molecular flexibility index (Phi) is 2.90. The Balaban J connectivity index is 2.04. The smallest absolute Gasteiger partial charge is 0.315 e. The van der Waals surface area contributed by atoms with Crippen LogP contribution in [0.3, 0.4) is 0 Å². The standard InChI is InChI=1S/C12H15N3O/c1-8-4-5-11(9(2)6-8)7-13-12-15-14-10(3)16-12/h4-6H,7H2,1-3H3,(H,13,15). The monoisotopic (exact) mass is 217 g/mol. The second-order valence-corrected chi connectivity index (χ2v) is 3.91. The van der Waals surface area contributed by atoms with Gasteiger partial charge in [-0.3, -0.25) is 0 Å². The molecule has 0 atom stereocenters. The second-order valence-electron chi connectivity index (χ2n) is 3.91. The van der Waals surface area contributed by atoms with Crippen LogP contribution in [0.15, 0.2) is 22.6 Å². The molecule has 1 aromatic heterocycles. The summed E-state index contributed by atoms with van der Waals surface area (Å²) in [6.45, 7) is 6.66. The molecule has 0 saturated carbocycles. The van der Waals surface area contributed by atoms with Crippen molar-refractivity contribution in [3.05, 3.63) is 40.8 Å². The second kappa shape index (κ2) is 4.35. The Labute approximate surface area is 94.7 Å². The van der Waals surface area contributed by atoms with Gasteiger partial charge in [-0.15, -0.1) is 5.10 Å². The van der Waals surface area contributed by atoms with Gasteiger partial charge in [-0.25, -0.2) is 0 Å². The third kappa shape index (κ3) is 2.39. The van der Waals surface area contributed by atoms with E-state index >= 15 is 0 Å². The molecule has 1 heterocycles. The summed E-state index contributed by atoms with van der Waals surface area (Å²) in [5, 5.41) is 10.7. The largest absolute Gasteiger partial charge is 0.408 e. The van der Waals surface area contributed by atoms with E-state index in [0.29, 0.717) is 18.5 Å². The fourth-order valence-corrected chi connectivity index (χ4v) is 1.58. The molecule has 0 radical (unpaired) electrons. The van der Waals surface area contributed by atoms with Crippen LogP contribution < -0.4 is 5.32 Å². The minimum absolute atomic E-state index is 0.470. The molecule has 16 heavy (non-hydrogen) atoms. The van der Waals surface area contributed by atoms with Crippen molar-refractivity contribution < 1.29 is 4.42 Å². The van der Waals surface area contributed by atoms with E-state index in [1.165, 1.54) is 16.7 Å². The molecule has 0 spiro atoms. The molecular formula is C12H15N3O. The number of nitrogens with zero attached hydrogens (tertiary/aromatic N) is 2. The Morgan fingerprint density at radius 3 is 2.62 bits per heavy atom. The average molecular weight is 217 g/mol. The molecule has 4 nitrogen and oxygen atoms in total. The molecule has 84 valence electrons. The maximum Gasteiger partial charge on any atom is 0.315 e. The van der Waals surface area contributed by atoms with Gasteiger partial charge in [-0.1, -0.05) is 28.9 Å². The van der Waals surface area contributed by atoms with Gasteiger partial charge < -0.3 is 9.73 Å². The minimum atomic E-state index is 0.470. The molecule has 0 bridgehead atoms. The van der Waals surface area contributed by atoms with E-state index in [1.807, 2.05) is 0 Å². The van der Waals surface area contributed by atoms with Crippen LogP contribution in [0.5, 0.6) is 0 Å². The van der Waals surface area contributed by atoms with Gasteiger partial charge in [0.05, 0.1) is 0 Å². The van der Waals surface area contributed by atoms with Gasteiger partial charge in [0, 0.05) is 13.5 Å². The van der Waals surface area contributed by atoms with Crippen LogP contribution in [-0.2, 0) is 6.54 Å². The Bertz CT molecular complexity index is 491. The lowest BCUT2D eigenvalue weighted by Crippen LogP contribution is -2.01. The summed E-state index contributed by atoms with van der Waals surface area (Å²) in [6.07, 6.45) is 0. The van der Waals surface area contributed by atoms with Crippen molar-refractivity contribution in [3.63, 3.8) is 0 Å². The van der Waals surface area contributed by atoms with Gasteiger partial charge in [-0.05, 0) is 25.0 Å². The van der Waals surface area contributed by atoms with Crippen LogP contribution in [0.2, 0.25) is 0 Å². The van der Waals surface area contributed by atoms with Crippen molar-refractivity contribution in [3.8, 4) is 0 Å². The van der Waals surface area contributed by atoms with Gasteiger partial charge in [-0.2, -0.15) is 0 Å². The summed E-state index contributed by atoms with van der Waals surface area (Å²) >= 11 is 0. The fraction of sp³-hybridized carbons (Fsp3) is 0.333. The summed E-state index contributed by atoms with van der Waals surface area (Å²) in [4.78, 5) is 0. The van der Waals surface area contributed by atoms with Gasteiger partial charge in [0.15, 0.2) is 0 Å². The average Bonchev–Trinajstić information content (AvgIpc) is 2.63. The van der Waals surface area contributed by atoms with Gasteiger partial charge in [0.1, 0.15) is 0 Å². The number of rotatable bonds is 3. The summed E-state index contributed by atoms with van der Waals surface area (Å²) in [6, 6.07) is 6.84. The van der Waals surface area contributed by atoms with E-state index in [2.05, 4.69) is 47.6 Å². The van der Waals surface area contributed by atoms with Crippen molar-refractivity contribution in [1.82, 2.24) is 10.2 Å². The van der Waals surface area contributed by atoms with Crippen molar-refractivity contribution in [1.29, 1.82) is 0 Å². The van der Waals surface area contributed by atoms with Crippen molar-refractivity contribution in [2.45, 2.75) is 27.3 Å². The molecule has 0 unspecified atom stereocenters. The molecule has 0 aliphatic heterocycles. The molecule has 0 aliphatic rings. The molecule has 4 heteroatoms. The van der Waals surface area contributed by atoms with E-state index in [0.717, 1.165) is 0 Å². The number of anilines is 1. The van der Waals surface area contributed by atoms with E-state index < -0.39 is 0 Å². The zero-order chi connectivity index (χ0) is 11.5. The van der Waals surface area contributed by atoms with E-state index in [-0.39, 0.29) is 0 Å². The van der Waals surface area contributed by atoms with Crippen LogP contribution in [0, 0.1) is 20.8 Å². The number of hydrogen-bond donors (Lipinski definition) is 1. The number of benzene rings is 1. The summed E-state index contributed by atoms with van der Waals surface area (Å²) < 4.78 is 5.24. The SMILES string of the molecule is Cc1ccc(CNc2nnc(C)o2)c(C)c1. The molecule has 0 aliphatic carbocycles. The van der Waals surface area contributed by atoms with Gasteiger partial charge in [0.2, 0.25) is 5.89 Å². The zero-order valence-corrected chi connectivity index (χ0v) is 9.74. The quantitative estimate of drug-likeness (QED) is 0.858. The van der Waals surface area contributed by atoms with E-state index in [4.69, 9.17) is 4.42 Å².